The van der Waals surface area contributed by atoms with Crippen molar-refractivity contribution in [1.82, 2.24) is 14.5 Å². The van der Waals surface area contributed by atoms with Crippen molar-refractivity contribution in [3.8, 4) is 0 Å². The van der Waals surface area contributed by atoms with E-state index in [1.807, 2.05) is 35.0 Å². The van der Waals surface area contributed by atoms with Gasteiger partial charge in [0.05, 0.1) is 24.3 Å². The minimum Gasteiger partial charge on any atom is -0.328 e. The Morgan fingerprint density at radius 2 is 2.00 bits per heavy atom. The first-order chi connectivity index (χ1) is 8.86. The van der Waals surface area contributed by atoms with Crippen LogP contribution in [0.25, 0.3) is 10.9 Å². The van der Waals surface area contributed by atoms with Gasteiger partial charge in [0.1, 0.15) is 5.82 Å². The van der Waals surface area contributed by atoms with E-state index in [0.29, 0.717) is 13.1 Å². The van der Waals surface area contributed by atoms with Gasteiger partial charge >= 0.3 is 0 Å². The molecule has 0 unspecified atom stereocenters. The highest BCUT2D eigenvalue weighted by atomic mass is 15.1. The quantitative estimate of drug-likeness (QED) is 0.758. The van der Waals surface area contributed by atoms with E-state index in [0.717, 1.165) is 22.4 Å². The Kier molecular flexibility index (Phi) is 2.78. The van der Waals surface area contributed by atoms with Crippen LogP contribution in [-0.4, -0.2) is 14.5 Å². The number of hydrogen-bond donors (Lipinski definition) is 1. The molecule has 0 bridgehead atoms. The topological polar surface area (TPSA) is 56.7 Å². The van der Waals surface area contributed by atoms with Crippen molar-refractivity contribution in [1.29, 1.82) is 0 Å². The molecule has 1 aromatic carbocycles. The number of para-hydroxylation sites is 1. The summed E-state index contributed by atoms with van der Waals surface area (Å²) >= 11 is 0. The van der Waals surface area contributed by atoms with Gasteiger partial charge in [0, 0.05) is 17.8 Å². The largest absolute Gasteiger partial charge is 0.328 e. The van der Waals surface area contributed by atoms with Crippen LogP contribution in [0.5, 0.6) is 0 Å². The van der Waals surface area contributed by atoms with E-state index in [-0.39, 0.29) is 0 Å². The molecule has 0 fully saturated rings. The van der Waals surface area contributed by atoms with Crippen molar-refractivity contribution < 1.29 is 0 Å². The average molecular weight is 238 g/mol. The van der Waals surface area contributed by atoms with Gasteiger partial charge in [-0.1, -0.05) is 24.3 Å². The molecule has 0 saturated carbocycles. The number of nitrogens with zero attached hydrogens (tertiary/aromatic N) is 3. The molecule has 90 valence electrons. The number of rotatable bonds is 3. The first-order valence-electron chi connectivity index (χ1n) is 5.91. The number of pyridine rings is 1. The molecule has 4 heteroatoms. The summed E-state index contributed by atoms with van der Waals surface area (Å²) in [6, 6.07) is 12.2. The monoisotopic (exact) mass is 238 g/mol. The predicted octanol–water partition coefficient (Wildman–Crippen LogP) is 1.94. The zero-order valence-corrected chi connectivity index (χ0v) is 9.95. The van der Waals surface area contributed by atoms with Crippen LogP contribution in [0.3, 0.4) is 0 Å². The van der Waals surface area contributed by atoms with Gasteiger partial charge in [0.25, 0.3) is 0 Å². The standard InChI is InChI=1S/C14H14N4/c15-9-14-16-7-8-18(14)10-12-6-5-11-3-1-2-4-13(11)17-12/h1-8H,9-10,15H2. The summed E-state index contributed by atoms with van der Waals surface area (Å²) in [5.74, 6) is 0.880. The Hall–Kier alpha value is -2.20. The van der Waals surface area contributed by atoms with Crippen molar-refractivity contribution in [2.45, 2.75) is 13.1 Å². The Labute approximate surface area is 105 Å². The van der Waals surface area contributed by atoms with Crippen LogP contribution in [0.2, 0.25) is 0 Å². The molecular formula is C14H14N4. The molecule has 0 radical (unpaired) electrons. The highest BCUT2D eigenvalue weighted by molar-refractivity contribution is 5.78. The van der Waals surface area contributed by atoms with Gasteiger partial charge < -0.3 is 10.3 Å². The molecule has 0 atom stereocenters. The molecule has 4 nitrogen and oxygen atoms in total. The van der Waals surface area contributed by atoms with Crippen molar-refractivity contribution in [2.24, 2.45) is 5.73 Å². The lowest BCUT2D eigenvalue weighted by atomic mass is 10.2. The molecule has 3 aromatic rings. The van der Waals surface area contributed by atoms with Gasteiger partial charge in [0.2, 0.25) is 0 Å². The van der Waals surface area contributed by atoms with Gasteiger partial charge in [-0.3, -0.25) is 4.98 Å². The molecule has 2 heterocycles. The van der Waals surface area contributed by atoms with Crippen LogP contribution in [0.1, 0.15) is 11.5 Å². The number of imidazole rings is 1. The smallest absolute Gasteiger partial charge is 0.122 e. The first kappa shape index (κ1) is 10.9. The summed E-state index contributed by atoms with van der Waals surface area (Å²) in [4.78, 5) is 8.84. The summed E-state index contributed by atoms with van der Waals surface area (Å²) in [5, 5.41) is 1.16. The summed E-state index contributed by atoms with van der Waals surface area (Å²) < 4.78 is 2.02. The fraction of sp³-hybridized carbons (Fsp3) is 0.143. The lowest BCUT2D eigenvalue weighted by Crippen LogP contribution is -2.09. The van der Waals surface area contributed by atoms with Crippen LogP contribution in [-0.2, 0) is 13.1 Å². The van der Waals surface area contributed by atoms with E-state index < -0.39 is 0 Å². The number of benzene rings is 1. The van der Waals surface area contributed by atoms with Crippen molar-refractivity contribution in [2.75, 3.05) is 0 Å². The van der Waals surface area contributed by atoms with Gasteiger partial charge in [0.15, 0.2) is 0 Å². The zero-order valence-electron chi connectivity index (χ0n) is 9.95. The predicted molar refractivity (Wildman–Crippen MR) is 71.0 cm³/mol. The van der Waals surface area contributed by atoms with E-state index in [4.69, 9.17) is 5.73 Å². The molecule has 18 heavy (non-hydrogen) atoms. The Morgan fingerprint density at radius 3 is 2.89 bits per heavy atom. The van der Waals surface area contributed by atoms with Gasteiger partial charge in [-0.15, -0.1) is 0 Å². The molecule has 3 rings (SSSR count). The Balaban J connectivity index is 1.95. The Bertz CT molecular complexity index is 672. The third kappa shape index (κ3) is 1.98. The number of hydrogen-bond acceptors (Lipinski definition) is 3. The van der Waals surface area contributed by atoms with Crippen molar-refractivity contribution in [3.05, 3.63) is 60.3 Å². The maximum atomic E-state index is 5.64. The molecule has 2 aromatic heterocycles. The normalized spacial score (nSPS) is 10.9. The van der Waals surface area contributed by atoms with Crippen LogP contribution in [0, 0.1) is 0 Å². The molecular weight excluding hydrogens is 224 g/mol. The van der Waals surface area contributed by atoms with Crippen molar-refractivity contribution in [3.63, 3.8) is 0 Å². The highest BCUT2D eigenvalue weighted by Gasteiger charge is 2.03. The van der Waals surface area contributed by atoms with Crippen LogP contribution >= 0.6 is 0 Å². The van der Waals surface area contributed by atoms with E-state index >= 15 is 0 Å². The van der Waals surface area contributed by atoms with Crippen LogP contribution in [0.15, 0.2) is 48.8 Å². The summed E-state index contributed by atoms with van der Waals surface area (Å²) in [6.07, 6.45) is 3.70. The third-order valence-electron chi connectivity index (χ3n) is 2.97. The second kappa shape index (κ2) is 4.58. The fourth-order valence-corrected chi connectivity index (χ4v) is 2.04. The molecule has 0 aliphatic rings. The average Bonchev–Trinajstić information content (AvgIpc) is 2.86. The minimum atomic E-state index is 0.445. The zero-order chi connectivity index (χ0) is 12.4. The third-order valence-corrected chi connectivity index (χ3v) is 2.97. The van der Waals surface area contributed by atoms with Crippen LogP contribution < -0.4 is 5.73 Å². The molecule has 0 amide bonds. The van der Waals surface area contributed by atoms with E-state index in [1.54, 1.807) is 6.20 Å². The molecule has 0 aliphatic carbocycles. The minimum absolute atomic E-state index is 0.445. The number of fused-ring (bicyclic) bond motifs is 1. The summed E-state index contributed by atoms with van der Waals surface area (Å²) in [5.41, 5.74) is 7.67. The Morgan fingerprint density at radius 1 is 1.11 bits per heavy atom. The molecule has 2 N–H and O–H groups in total. The first-order valence-corrected chi connectivity index (χ1v) is 5.91. The van der Waals surface area contributed by atoms with Gasteiger partial charge in [-0.2, -0.15) is 0 Å². The lowest BCUT2D eigenvalue weighted by Gasteiger charge is -2.06. The fourth-order valence-electron chi connectivity index (χ4n) is 2.04. The molecule has 0 saturated heterocycles. The van der Waals surface area contributed by atoms with Crippen molar-refractivity contribution >= 4 is 10.9 Å². The molecule has 0 aliphatic heterocycles. The van der Waals surface area contributed by atoms with Crippen LogP contribution in [0.4, 0.5) is 0 Å². The molecule has 0 spiro atoms. The lowest BCUT2D eigenvalue weighted by molar-refractivity contribution is 0.712. The second-order valence-corrected chi connectivity index (χ2v) is 4.17. The number of aromatic nitrogens is 3. The maximum Gasteiger partial charge on any atom is 0.122 e. The van der Waals surface area contributed by atoms with Gasteiger partial charge in [-0.05, 0) is 12.1 Å². The summed E-state index contributed by atoms with van der Waals surface area (Å²) in [6.45, 7) is 1.15. The SMILES string of the molecule is NCc1nccn1Cc1ccc2ccccc2n1. The van der Waals surface area contributed by atoms with E-state index in [9.17, 15) is 0 Å². The van der Waals surface area contributed by atoms with E-state index in [1.165, 1.54) is 0 Å². The number of nitrogens with two attached hydrogens (primary N) is 1. The maximum absolute atomic E-state index is 5.64. The van der Waals surface area contributed by atoms with Gasteiger partial charge in [-0.25, -0.2) is 4.98 Å². The highest BCUT2D eigenvalue weighted by Crippen LogP contribution is 2.12. The van der Waals surface area contributed by atoms with E-state index in [2.05, 4.69) is 22.1 Å². The summed E-state index contributed by atoms with van der Waals surface area (Å²) in [7, 11) is 0. The second-order valence-electron chi connectivity index (χ2n) is 4.17.